The molecule has 0 fully saturated rings. The van der Waals surface area contributed by atoms with Crippen molar-refractivity contribution in [3.05, 3.63) is 89.7 Å². The van der Waals surface area contributed by atoms with E-state index in [1.54, 1.807) is 60.7 Å². The second kappa shape index (κ2) is 11.5. The van der Waals surface area contributed by atoms with Crippen LogP contribution in [0.25, 0.3) is 0 Å². The molecule has 1 amide bonds. The number of nitrogens with one attached hydrogen (secondary N) is 1. The number of hydrogen-bond acceptors (Lipinski definition) is 5. The Morgan fingerprint density at radius 2 is 1.62 bits per heavy atom. The fourth-order valence-corrected chi connectivity index (χ4v) is 3.98. The van der Waals surface area contributed by atoms with Crippen molar-refractivity contribution in [3.63, 3.8) is 0 Å². The van der Waals surface area contributed by atoms with E-state index in [2.05, 4.69) is 5.32 Å². The van der Waals surface area contributed by atoms with Gasteiger partial charge in [-0.05, 0) is 54.4 Å². The predicted octanol–water partition coefficient (Wildman–Crippen LogP) is 3.89. The van der Waals surface area contributed by atoms with Gasteiger partial charge < -0.3 is 14.8 Å². The Hall–Kier alpha value is -3.59. The van der Waals surface area contributed by atoms with Gasteiger partial charge in [0.1, 0.15) is 30.5 Å². The number of benzene rings is 3. The third kappa shape index (κ3) is 7.48. The molecule has 0 spiro atoms. The average Bonchev–Trinajstić information content (AvgIpc) is 2.81. The Bertz CT molecular complexity index is 1200. The maximum atomic E-state index is 13.0. The van der Waals surface area contributed by atoms with E-state index < -0.39 is 15.9 Å². The molecule has 0 bridgehead atoms. The summed E-state index contributed by atoms with van der Waals surface area (Å²) in [6.07, 6.45) is 1.05. The number of amides is 1. The van der Waals surface area contributed by atoms with Gasteiger partial charge in [-0.25, -0.2) is 12.8 Å². The molecule has 0 unspecified atom stereocenters. The fourth-order valence-electron chi connectivity index (χ4n) is 3.13. The second-order valence-electron chi connectivity index (χ2n) is 7.54. The fraction of sp³-hybridized carbons (Fsp3) is 0.240. The summed E-state index contributed by atoms with van der Waals surface area (Å²) in [5.74, 6) is 0.422. The maximum absolute atomic E-state index is 13.0. The zero-order valence-corrected chi connectivity index (χ0v) is 19.8. The number of hydrogen-bond donors (Lipinski definition) is 1. The molecule has 0 saturated heterocycles. The number of halogens is 1. The minimum atomic E-state index is -3.69. The molecule has 1 N–H and O–H groups in total. The van der Waals surface area contributed by atoms with Crippen molar-refractivity contribution < 1.29 is 27.1 Å². The lowest BCUT2D eigenvalue weighted by atomic mass is 10.2. The van der Waals surface area contributed by atoms with Gasteiger partial charge in [0.15, 0.2) is 0 Å². The standard InChI is InChI=1S/C25H27FN2O5S/c1-3-32-24-6-4-5-22(15-24)28(34(2,30)31)17-25(29)27-16-19-9-13-23(14-10-19)33-18-20-7-11-21(26)12-8-20/h4-15H,3,16-18H2,1-2H3,(H,27,29). The van der Waals surface area contributed by atoms with E-state index in [4.69, 9.17) is 9.47 Å². The number of nitrogens with zero attached hydrogens (tertiary/aromatic N) is 1. The van der Waals surface area contributed by atoms with Gasteiger partial charge in [-0.3, -0.25) is 9.10 Å². The van der Waals surface area contributed by atoms with Crippen LogP contribution >= 0.6 is 0 Å². The molecule has 0 aliphatic carbocycles. The topological polar surface area (TPSA) is 84.9 Å². The van der Waals surface area contributed by atoms with E-state index in [1.165, 1.54) is 12.1 Å². The second-order valence-corrected chi connectivity index (χ2v) is 9.44. The molecule has 0 atom stereocenters. The molecule has 0 aliphatic rings. The van der Waals surface area contributed by atoms with Crippen LogP contribution in [0.5, 0.6) is 11.5 Å². The minimum Gasteiger partial charge on any atom is -0.494 e. The zero-order valence-electron chi connectivity index (χ0n) is 19.0. The van der Waals surface area contributed by atoms with Crippen LogP contribution in [-0.2, 0) is 28.0 Å². The number of anilines is 1. The number of sulfonamides is 1. The van der Waals surface area contributed by atoms with Gasteiger partial charge in [0.2, 0.25) is 15.9 Å². The quantitative estimate of drug-likeness (QED) is 0.445. The Morgan fingerprint density at radius 3 is 2.26 bits per heavy atom. The first kappa shape index (κ1) is 25.0. The van der Waals surface area contributed by atoms with E-state index in [0.717, 1.165) is 21.7 Å². The maximum Gasteiger partial charge on any atom is 0.241 e. The van der Waals surface area contributed by atoms with E-state index >= 15 is 0 Å². The van der Waals surface area contributed by atoms with Gasteiger partial charge in [0.25, 0.3) is 0 Å². The molecule has 7 nitrogen and oxygen atoms in total. The highest BCUT2D eigenvalue weighted by Crippen LogP contribution is 2.23. The van der Waals surface area contributed by atoms with Crippen LogP contribution < -0.4 is 19.1 Å². The summed E-state index contributed by atoms with van der Waals surface area (Å²) in [5, 5.41) is 2.74. The highest BCUT2D eigenvalue weighted by atomic mass is 32.2. The van der Waals surface area contributed by atoms with E-state index in [-0.39, 0.29) is 18.9 Å². The molecular weight excluding hydrogens is 459 g/mol. The summed E-state index contributed by atoms with van der Waals surface area (Å²) in [6, 6.07) is 19.8. The third-order valence-corrected chi connectivity index (χ3v) is 5.98. The molecule has 9 heteroatoms. The van der Waals surface area contributed by atoms with Crippen LogP contribution in [0.15, 0.2) is 72.8 Å². The van der Waals surface area contributed by atoms with Crippen LogP contribution in [0.1, 0.15) is 18.1 Å². The summed E-state index contributed by atoms with van der Waals surface area (Å²) in [6.45, 7) is 2.46. The van der Waals surface area contributed by atoms with Crippen molar-refractivity contribution in [2.45, 2.75) is 20.1 Å². The molecular formula is C25H27FN2O5S. The van der Waals surface area contributed by atoms with E-state index in [0.29, 0.717) is 30.4 Å². The van der Waals surface area contributed by atoms with Gasteiger partial charge in [-0.2, -0.15) is 0 Å². The highest BCUT2D eigenvalue weighted by molar-refractivity contribution is 7.92. The van der Waals surface area contributed by atoms with Gasteiger partial charge in [0.05, 0.1) is 18.6 Å². The number of carbonyl (C=O) groups is 1. The molecule has 3 aromatic rings. The number of carbonyl (C=O) groups excluding carboxylic acids is 1. The predicted molar refractivity (Wildman–Crippen MR) is 129 cm³/mol. The summed E-state index contributed by atoms with van der Waals surface area (Å²) in [4.78, 5) is 12.5. The first-order valence-corrected chi connectivity index (χ1v) is 12.5. The first-order valence-electron chi connectivity index (χ1n) is 10.7. The van der Waals surface area contributed by atoms with E-state index in [1.807, 2.05) is 6.92 Å². The summed E-state index contributed by atoms with van der Waals surface area (Å²) in [7, 11) is -3.69. The Labute approximate surface area is 199 Å². The monoisotopic (exact) mass is 486 g/mol. The lowest BCUT2D eigenvalue weighted by molar-refractivity contribution is -0.119. The molecule has 180 valence electrons. The van der Waals surface area contributed by atoms with E-state index in [9.17, 15) is 17.6 Å². The van der Waals surface area contributed by atoms with Crippen LogP contribution in [0.4, 0.5) is 10.1 Å². The van der Waals surface area contributed by atoms with Crippen molar-refractivity contribution in [3.8, 4) is 11.5 Å². The smallest absolute Gasteiger partial charge is 0.241 e. The van der Waals surface area contributed by atoms with Crippen molar-refractivity contribution >= 4 is 21.6 Å². The van der Waals surface area contributed by atoms with Crippen molar-refractivity contribution in [2.24, 2.45) is 0 Å². The molecule has 0 aromatic heterocycles. The lowest BCUT2D eigenvalue weighted by Gasteiger charge is -2.22. The SMILES string of the molecule is CCOc1cccc(N(CC(=O)NCc2ccc(OCc3ccc(F)cc3)cc2)S(C)(=O)=O)c1. The number of rotatable bonds is 11. The molecule has 3 rings (SSSR count). The number of ether oxygens (including phenoxy) is 2. The van der Waals surface area contributed by atoms with Crippen molar-refractivity contribution in [2.75, 3.05) is 23.7 Å². The van der Waals surface area contributed by atoms with Crippen LogP contribution in [0.2, 0.25) is 0 Å². The average molecular weight is 487 g/mol. The molecule has 0 aliphatic heterocycles. The first-order chi connectivity index (χ1) is 16.2. The largest absolute Gasteiger partial charge is 0.494 e. The zero-order chi connectivity index (χ0) is 24.6. The highest BCUT2D eigenvalue weighted by Gasteiger charge is 2.21. The van der Waals surface area contributed by atoms with Gasteiger partial charge in [0, 0.05) is 12.6 Å². The Kier molecular flexibility index (Phi) is 8.48. The molecule has 0 radical (unpaired) electrons. The van der Waals surface area contributed by atoms with Crippen LogP contribution in [-0.4, -0.2) is 33.7 Å². The van der Waals surface area contributed by atoms with Gasteiger partial charge in [-0.1, -0.05) is 30.3 Å². The van der Waals surface area contributed by atoms with Crippen molar-refractivity contribution in [1.82, 2.24) is 5.32 Å². The molecule has 34 heavy (non-hydrogen) atoms. The van der Waals surface area contributed by atoms with Gasteiger partial charge >= 0.3 is 0 Å². The summed E-state index contributed by atoms with van der Waals surface area (Å²) >= 11 is 0. The van der Waals surface area contributed by atoms with Crippen molar-refractivity contribution in [1.29, 1.82) is 0 Å². The minimum absolute atomic E-state index is 0.230. The van der Waals surface area contributed by atoms with Crippen LogP contribution in [0.3, 0.4) is 0 Å². The van der Waals surface area contributed by atoms with Gasteiger partial charge in [-0.15, -0.1) is 0 Å². The molecule has 0 heterocycles. The summed E-state index contributed by atoms with van der Waals surface area (Å²) in [5.41, 5.74) is 2.03. The summed E-state index contributed by atoms with van der Waals surface area (Å²) < 4.78 is 49.7. The Balaban J connectivity index is 1.55. The van der Waals surface area contributed by atoms with Crippen LogP contribution in [0, 0.1) is 5.82 Å². The molecule has 0 saturated carbocycles. The molecule has 3 aromatic carbocycles. The normalized spacial score (nSPS) is 11.0. The lowest BCUT2D eigenvalue weighted by Crippen LogP contribution is -2.40. The Morgan fingerprint density at radius 1 is 0.941 bits per heavy atom. The third-order valence-electron chi connectivity index (χ3n) is 4.84.